The molecule has 30 heavy (non-hydrogen) atoms. The van der Waals surface area contributed by atoms with Crippen LogP contribution in [0.4, 0.5) is 15.9 Å². The van der Waals surface area contributed by atoms with Crippen molar-refractivity contribution < 1.29 is 17.4 Å². The van der Waals surface area contributed by atoms with Crippen LogP contribution in [-0.4, -0.2) is 37.7 Å². The summed E-state index contributed by atoms with van der Waals surface area (Å²) < 4.78 is 42.6. The highest BCUT2D eigenvalue weighted by Gasteiger charge is 2.25. The van der Waals surface area contributed by atoms with E-state index in [1.807, 2.05) is 0 Å². The summed E-state index contributed by atoms with van der Waals surface area (Å²) in [5.74, 6) is 0.922. The Balaban J connectivity index is 1.53. The highest BCUT2D eigenvalue weighted by atomic mass is 79.9. The monoisotopic (exact) mass is 503 g/mol. The number of rotatable bonds is 9. The smallest absolute Gasteiger partial charge is 0.274 e. The van der Waals surface area contributed by atoms with Crippen molar-refractivity contribution in [3.63, 3.8) is 0 Å². The molecule has 1 fully saturated rings. The fourth-order valence-electron chi connectivity index (χ4n) is 3.49. The first kappa shape index (κ1) is 22.6. The van der Waals surface area contributed by atoms with E-state index >= 15 is 0 Å². The molecule has 0 spiro atoms. The quantitative estimate of drug-likeness (QED) is 0.300. The number of aliphatic imine (C=N–C) groups is 1. The maximum atomic E-state index is 13.4. The van der Waals surface area contributed by atoms with Crippen LogP contribution in [0, 0.1) is 17.7 Å². The minimum Gasteiger partial charge on any atom is -0.382 e. The first-order chi connectivity index (χ1) is 14.2. The van der Waals surface area contributed by atoms with Gasteiger partial charge in [0.25, 0.3) is 10.2 Å². The van der Waals surface area contributed by atoms with E-state index in [2.05, 4.69) is 41.3 Å². The highest BCUT2D eigenvalue weighted by molar-refractivity contribution is 9.10. The molecule has 3 rings (SSSR count). The molecule has 1 saturated carbocycles. The molecule has 1 aliphatic carbocycles. The summed E-state index contributed by atoms with van der Waals surface area (Å²) in [6.07, 6.45) is 3.75. The predicted molar refractivity (Wildman–Crippen MR) is 114 cm³/mol. The van der Waals surface area contributed by atoms with Crippen molar-refractivity contribution in [1.29, 1.82) is 0 Å². The third kappa shape index (κ3) is 6.45. The van der Waals surface area contributed by atoms with Crippen molar-refractivity contribution in [3.05, 3.63) is 34.2 Å². The van der Waals surface area contributed by atoms with Gasteiger partial charge >= 0.3 is 0 Å². The van der Waals surface area contributed by atoms with E-state index in [9.17, 15) is 12.8 Å². The lowest BCUT2D eigenvalue weighted by molar-refractivity contribution is 0.307. The zero-order chi connectivity index (χ0) is 21.7. The van der Waals surface area contributed by atoms with Gasteiger partial charge in [0.1, 0.15) is 5.82 Å². The third-order valence-electron chi connectivity index (χ3n) is 4.95. The Bertz CT molecular complexity index is 1010. The van der Waals surface area contributed by atoms with Crippen LogP contribution in [0.15, 0.2) is 32.3 Å². The van der Waals surface area contributed by atoms with Crippen molar-refractivity contribution in [1.82, 2.24) is 15.0 Å². The number of halogens is 2. The number of aromatic nitrogens is 2. The molecule has 2 aromatic rings. The summed E-state index contributed by atoms with van der Waals surface area (Å²) in [6, 6.07) is 4.29. The molecular weight excluding hydrogens is 481 g/mol. The zero-order valence-electron chi connectivity index (χ0n) is 16.0. The third-order valence-corrected chi connectivity index (χ3v) is 6.16. The van der Waals surface area contributed by atoms with Gasteiger partial charge in [-0.1, -0.05) is 6.42 Å². The largest absolute Gasteiger partial charge is 0.382 e. The molecule has 13 heteroatoms. The van der Waals surface area contributed by atoms with Gasteiger partial charge in [-0.25, -0.2) is 23.9 Å². The van der Waals surface area contributed by atoms with Gasteiger partial charge in [-0.2, -0.15) is 8.42 Å². The van der Waals surface area contributed by atoms with Gasteiger partial charge in [-0.15, -0.1) is 0 Å². The molecule has 2 unspecified atom stereocenters. The van der Waals surface area contributed by atoms with Crippen molar-refractivity contribution in [2.75, 3.05) is 18.4 Å². The van der Waals surface area contributed by atoms with Crippen LogP contribution in [0.5, 0.6) is 0 Å². The van der Waals surface area contributed by atoms with Crippen LogP contribution < -0.4 is 20.9 Å². The Labute approximate surface area is 182 Å². The second-order valence-electron chi connectivity index (χ2n) is 7.21. The maximum absolute atomic E-state index is 13.4. The predicted octanol–water partition coefficient (Wildman–Crippen LogP) is 2.02. The Morgan fingerprint density at radius 1 is 1.33 bits per heavy atom. The van der Waals surface area contributed by atoms with Gasteiger partial charge < -0.3 is 11.1 Å². The Morgan fingerprint density at radius 3 is 2.83 bits per heavy atom. The standard InChI is InChI=1S/C17H23BrFN7O3S/c18-13-8-12(3-4-14(13)19)24-16(20)15-17(26-29-25-15)22-9-11-2-1-10(7-11)5-6-23-30(21,27)28/h3-4,8,10-11,23H,1-2,5-7,9H2,(H2,20,24)(H,22,26)(H2,21,27,28). The Hall–Kier alpha value is -2.09. The molecule has 10 nitrogen and oxygen atoms in total. The molecule has 1 aromatic heterocycles. The van der Waals surface area contributed by atoms with Crippen LogP contribution >= 0.6 is 15.9 Å². The molecule has 0 aliphatic heterocycles. The minimum atomic E-state index is -3.64. The summed E-state index contributed by atoms with van der Waals surface area (Å²) in [4.78, 5) is 4.24. The molecule has 164 valence electrons. The molecule has 1 aromatic carbocycles. The minimum absolute atomic E-state index is 0.0932. The van der Waals surface area contributed by atoms with Crippen molar-refractivity contribution in [3.8, 4) is 0 Å². The first-order valence-electron chi connectivity index (χ1n) is 9.34. The van der Waals surface area contributed by atoms with Gasteiger partial charge in [0, 0.05) is 13.1 Å². The summed E-state index contributed by atoms with van der Waals surface area (Å²) >= 11 is 3.11. The molecular formula is C17H23BrFN7O3S. The summed E-state index contributed by atoms with van der Waals surface area (Å²) in [6.45, 7) is 0.989. The number of nitrogens with two attached hydrogens (primary N) is 2. The fraction of sp³-hybridized carbons (Fsp3) is 0.471. The molecule has 0 saturated heterocycles. The van der Waals surface area contributed by atoms with Crippen molar-refractivity contribution in [2.24, 2.45) is 27.7 Å². The highest BCUT2D eigenvalue weighted by Crippen LogP contribution is 2.33. The summed E-state index contributed by atoms with van der Waals surface area (Å²) in [7, 11) is -3.64. The second kappa shape index (κ2) is 9.81. The van der Waals surface area contributed by atoms with E-state index in [0.717, 1.165) is 25.7 Å². The van der Waals surface area contributed by atoms with Gasteiger partial charge in [-0.05, 0) is 75.5 Å². The van der Waals surface area contributed by atoms with Crippen molar-refractivity contribution in [2.45, 2.75) is 25.7 Å². The van der Waals surface area contributed by atoms with Gasteiger partial charge in [-0.3, -0.25) is 0 Å². The summed E-state index contributed by atoms with van der Waals surface area (Å²) in [5, 5.41) is 15.8. The van der Waals surface area contributed by atoms with Gasteiger partial charge in [0.05, 0.1) is 10.2 Å². The van der Waals surface area contributed by atoms with Crippen molar-refractivity contribution >= 4 is 43.5 Å². The number of hydrogen-bond acceptors (Lipinski definition) is 7. The van der Waals surface area contributed by atoms with E-state index < -0.39 is 16.0 Å². The van der Waals surface area contributed by atoms with E-state index in [-0.39, 0.29) is 16.0 Å². The number of benzene rings is 1. The zero-order valence-corrected chi connectivity index (χ0v) is 18.4. The number of nitrogens with zero attached hydrogens (tertiary/aromatic N) is 3. The fourth-order valence-corrected chi connectivity index (χ4v) is 4.26. The van der Waals surface area contributed by atoms with Crippen LogP contribution in [0.2, 0.25) is 0 Å². The number of amidine groups is 1. The summed E-state index contributed by atoms with van der Waals surface area (Å²) in [5.41, 5.74) is 6.77. The molecule has 2 atom stereocenters. The Kier molecular flexibility index (Phi) is 7.39. The maximum Gasteiger partial charge on any atom is 0.274 e. The first-order valence-corrected chi connectivity index (χ1v) is 11.7. The number of anilines is 1. The average Bonchev–Trinajstić information content (AvgIpc) is 3.31. The van der Waals surface area contributed by atoms with Gasteiger partial charge in [0.2, 0.25) is 5.82 Å². The average molecular weight is 504 g/mol. The lowest BCUT2D eigenvalue weighted by atomic mass is 10.0. The Morgan fingerprint density at radius 2 is 2.10 bits per heavy atom. The second-order valence-corrected chi connectivity index (χ2v) is 9.44. The van der Waals surface area contributed by atoms with Crippen LogP contribution in [0.1, 0.15) is 31.4 Å². The van der Waals surface area contributed by atoms with E-state index in [1.54, 1.807) is 0 Å². The van der Waals surface area contributed by atoms with E-state index in [4.69, 9.17) is 15.5 Å². The SMILES string of the molecule is NC(=Nc1ccc(F)c(Br)c1)c1nonc1NCC1CCC(CCNS(N)(=O)=O)C1. The van der Waals surface area contributed by atoms with Crippen LogP contribution in [0.3, 0.4) is 0 Å². The lowest BCUT2D eigenvalue weighted by Gasteiger charge is -2.12. The molecule has 1 aliphatic rings. The molecule has 6 N–H and O–H groups in total. The normalized spacial score (nSPS) is 19.9. The molecule has 1 heterocycles. The van der Waals surface area contributed by atoms with Gasteiger partial charge in [0.15, 0.2) is 11.5 Å². The lowest BCUT2D eigenvalue weighted by Crippen LogP contribution is -2.32. The van der Waals surface area contributed by atoms with E-state index in [1.165, 1.54) is 18.2 Å². The molecule has 0 radical (unpaired) electrons. The molecule has 0 bridgehead atoms. The van der Waals surface area contributed by atoms with E-state index in [0.29, 0.717) is 36.4 Å². The number of hydrogen-bond donors (Lipinski definition) is 4. The van der Waals surface area contributed by atoms with Crippen LogP contribution in [-0.2, 0) is 10.2 Å². The van der Waals surface area contributed by atoms with Crippen LogP contribution in [0.25, 0.3) is 0 Å². The topological polar surface area (TPSA) is 162 Å². The number of nitrogens with one attached hydrogen (secondary N) is 2. The molecule has 0 amide bonds.